The standard InChI is InChI=1S/C18H18ClNO/c19-12-14-7-9-16(10-8-14)18(21)20-11-3-6-15-4-1-2-5-17(15)13-20/h1-2,4-5,7-10H,3,6,11-13H2. The SMILES string of the molecule is O=C(c1ccc(CCl)cc1)N1CCCc2ccccc2C1. The fourth-order valence-corrected chi connectivity index (χ4v) is 2.97. The monoisotopic (exact) mass is 299 g/mol. The molecule has 0 bridgehead atoms. The lowest BCUT2D eigenvalue weighted by molar-refractivity contribution is 0.0746. The second-order valence-electron chi connectivity index (χ2n) is 5.43. The molecule has 0 saturated heterocycles. The first-order valence-electron chi connectivity index (χ1n) is 7.29. The van der Waals surface area contributed by atoms with E-state index in [0.717, 1.165) is 30.5 Å². The first kappa shape index (κ1) is 14.2. The predicted octanol–water partition coefficient (Wildman–Crippen LogP) is 4.01. The van der Waals surface area contributed by atoms with Crippen LogP contribution in [-0.2, 0) is 18.8 Å². The van der Waals surface area contributed by atoms with Crippen molar-refractivity contribution in [2.45, 2.75) is 25.3 Å². The minimum Gasteiger partial charge on any atom is -0.334 e. The van der Waals surface area contributed by atoms with Gasteiger partial charge in [0.25, 0.3) is 5.91 Å². The molecule has 2 aromatic carbocycles. The summed E-state index contributed by atoms with van der Waals surface area (Å²) in [7, 11) is 0. The zero-order valence-corrected chi connectivity index (χ0v) is 12.6. The highest BCUT2D eigenvalue weighted by molar-refractivity contribution is 6.17. The molecule has 0 aromatic heterocycles. The highest BCUT2D eigenvalue weighted by atomic mass is 35.5. The highest BCUT2D eigenvalue weighted by Crippen LogP contribution is 2.20. The van der Waals surface area contributed by atoms with Gasteiger partial charge >= 0.3 is 0 Å². The van der Waals surface area contributed by atoms with Gasteiger partial charge in [-0.15, -0.1) is 11.6 Å². The van der Waals surface area contributed by atoms with Crippen LogP contribution >= 0.6 is 11.6 Å². The van der Waals surface area contributed by atoms with Crippen molar-refractivity contribution >= 4 is 17.5 Å². The molecule has 3 heteroatoms. The van der Waals surface area contributed by atoms with Gasteiger partial charge in [0.2, 0.25) is 0 Å². The van der Waals surface area contributed by atoms with E-state index in [9.17, 15) is 4.79 Å². The van der Waals surface area contributed by atoms with Crippen LogP contribution in [0.2, 0.25) is 0 Å². The molecule has 108 valence electrons. The molecule has 0 spiro atoms. The molecule has 0 saturated carbocycles. The van der Waals surface area contributed by atoms with Gasteiger partial charge < -0.3 is 4.90 Å². The van der Waals surface area contributed by atoms with Gasteiger partial charge in [0.05, 0.1) is 0 Å². The van der Waals surface area contributed by atoms with Crippen LogP contribution in [0, 0.1) is 0 Å². The molecule has 21 heavy (non-hydrogen) atoms. The minimum atomic E-state index is 0.104. The maximum atomic E-state index is 12.7. The van der Waals surface area contributed by atoms with E-state index >= 15 is 0 Å². The van der Waals surface area contributed by atoms with Crippen LogP contribution in [0.5, 0.6) is 0 Å². The predicted molar refractivity (Wildman–Crippen MR) is 85.5 cm³/mol. The summed E-state index contributed by atoms with van der Waals surface area (Å²) in [5, 5.41) is 0. The van der Waals surface area contributed by atoms with E-state index < -0.39 is 0 Å². The third-order valence-electron chi connectivity index (χ3n) is 4.00. The Morgan fingerprint density at radius 1 is 1.05 bits per heavy atom. The lowest BCUT2D eigenvalue weighted by Gasteiger charge is -2.21. The number of amides is 1. The van der Waals surface area contributed by atoms with Gasteiger partial charge in [-0.3, -0.25) is 4.79 Å². The quantitative estimate of drug-likeness (QED) is 0.767. The van der Waals surface area contributed by atoms with Crippen molar-refractivity contribution in [1.82, 2.24) is 4.90 Å². The Labute approximate surface area is 130 Å². The zero-order chi connectivity index (χ0) is 14.7. The number of halogens is 1. The molecule has 1 heterocycles. The van der Waals surface area contributed by atoms with Crippen molar-refractivity contribution in [3.05, 3.63) is 70.8 Å². The topological polar surface area (TPSA) is 20.3 Å². The van der Waals surface area contributed by atoms with Crippen molar-refractivity contribution in [1.29, 1.82) is 0 Å². The summed E-state index contributed by atoms with van der Waals surface area (Å²) in [4.78, 5) is 14.6. The Kier molecular flexibility index (Phi) is 4.26. The molecule has 0 radical (unpaired) electrons. The summed E-state index contributed by atoms with van der Waals surface area (Å²) in [5.74, 6) is 0.582. The largest absolute Gasteiger partial charge is 0.334 e. The van der Waals surface area contributed by atoms with Crippen LogP contribution in [0.15, 0.2) is 48.5 Å². The second-order valence-corrected chi connectivity index (χ2v) is 5.70. The van der Waals surface area contributed by atoms with E-state index in [0.29, 0.717) is 12.4 Å². The number of carbonyl (C=O) groups is 1. The average molecular weight is 300 g/mol. The third-order valence-corrected chi connectivity index (χ3v) is 4.30. The summed E-state index contributed by atoms with van der Waals surface area (Å²) < 4.78 is 0. The summed E-state index contributed by atoms with van der Waals surface area (Å²) in [5.41, 5.74) is 4.41. The van der Waals surface area contributed by atoms with Gasteiger partial charge in [0, 0.05) is 24.5 Å². The molecule has 2 nitrogen and oxygen atoms in total. The molecule has 0 aliphatic carbocycles. The number of aryl methyl sites for hydroxylation is 1. The van der Waals surface area contributed by atoms with Crippen LogP contribution in [0.1, 0.15) is 33.5 Å². The van der Waals surface area contributed by atoms with Gasteiger partial charge in [-0.2, -0.15) is 0 Å². The first-order valence-corrected chi connectivity index (χ1v) is 7.82. The van der Waals surface area contributed by atoms with E-state index in [-0.39, 0.29) is 5.91 Å². The maximum Gasteiger partial charge on any atom is 0.254 e. The smallest absolute Gasteiger partial charge is 0.254 e. The van der Waals surface area contributed by atoms with Gasteiger partial charge in [0.1, 0.15) is 0 Å². The van der Waals surface area contributed by atoms with E-state index in [1.807, 2.05) is 35.2 Å². The zero-order valence-electron chi connectivity index (χ0n) is 11.9. The van der Waals surface area contributed by atoms with Crippen LogP contribution in [0.3, 0.4) is 0 Å². The summed E-state index contributed by atoms with van der Waals surface area (Å²) in [6, 6.07) is 16.0. The summed E-state index contributed by atoms with van der Waals surface area (Å²) >= 11 is 5.79. The highest BCUT2D eigenvalue weighted by Gasteiger charge is 2.19. The molecular formula is C18H18ClNO. The van der Waals surface area contributed by atoms with Crippen molar-refractivity contribution in [3.8, 4) is 0 Å². The molecule has 2 aromatic rings. The molecule has 3 rings (SSSR count). The third kappa shape index (κ3) is 3.11. The number of hydrogen-bond donors (Lipinski definition) is 0. The second kappa shape index (κ2) is 6.31. The van der Waals surface area contributed by atoms with E-state index in [1.165, 1.54) is 11.1 Å². The molecule has 0 atom stereocenters. The fraction of sp³-hybridized carbons (Fsp3) is 0.278. The minimum absolute atomic E-state index is 0.104. The van der Waals surface area contributed by atoms with E-state index in [4.69, 9.17) is 11.6 Å². The van der Waals surface area contributed by atoms with Crippen molar-refractivity contribution in [2.75, 3.05) is 6.54 Å². The number of rotatable bonds is 2. The molecular weight excluding hydrogens is 282 g/mol. The van der Waals surface area contributed by atoms with Crippen LogP contribution in [0.25, 0.3) is 0 Å². The van der Waals surface area contributed by atoms with Crippen molar-refractivity contribution in [2.24, 2.45) is 0 Å². The number of nitrogens with zero attached hydrogens (tertiary/aromatic N) is 1. The number of carbonyl (C=O) groups excluding carboxylic acids is 1. The summed E-state index contributed by atoms with van der Waals surface area (Å²) in [6.07, 6.45) is 2.06. The Bertz CT molecular complexity index is 636. The lowest BCUT2D eigenvalue weighted by Crippen LogP contribution is -2.30. The van der Waals surface area contributed by atoms with Gasteiger partial charge in [-0.1, -0.05) is 36.4 Å². The van der Waals surface area contributed by atoms with E-state index in [2.05, 4.69) is 18.2 Å². The van der Waals surface area contributed by atoms with E-state index in [1.54, 1.807) is 0 Å². The lowest BCUT2D eigenvalue weighted by atomic mass is 10.0. The molecule has 0 N–H and O–H groups in total. The molecule has 0 fully saturated rings. The van der Waals surface area contributed by atoms with Crippen LogP contribution < -0.4 is 0 Å². The Morgan fingerprint density at radius 2 is 1.76 bits per heavy atom. The average Bonchev–Trinajstić information content (AvgIpc) is 2.76. The number of benzene rings is 2. The molecule has 1 aliphatic rings. The Morgan fingerprint density at radius 3 is 2.48 bits per heavy atom. The molecule has 1 aliphatic heterocycles. The number of alkyl halides is 1. The fourth-order valence-electron chi connectivity index (χ4n) is 2.79. The number of hydrogen-bond acceptors (Lipinski definition) is 1. The maximum absolute atomic E-state index is 12.7. The molecule has 1 amide bonds. The van der Waals surface area contributed by atoms with Crippen molar-refractivity contribution in [3.63, 3.8) is 0 Å². The van der Waals surface area contributed by atoms with Crippen LogP contribution in [0.4, 0.5) is 0 Å². The van der Waals surface area contributed by atoms with Gasteiger partial charge in [-0.25, -0.2) is 0 Å². The Balaban J connectivity index is 1.81. The first-order chi connectivity index (χ1) is 10.3. The molecule has 0 unspecified atom stereocenters. The number of fused-ring (bicyclic) bond motifs is 1. The normalized spacial score (nSPS) is 14.4. The Hall–Kier alpha value is -1.80. The van der Waals surface area contributed by atoms with Gasteiger partial charge in [0.15, 0.2) is 0 Å². The van der Waals surface area contributed by atoms with Gasteiger partial charge in [-0.05, 0) is 41.7 Å². The van der Waals surface area contributed by atoms with Crippen molar-refractivity contribution < 1.29 is 4.79 Å². The van der Waals surface area contributed by atoms with Crippen LogP contribution in [-0.4, -0.2) is 17.4 Å². The summed E-state index contributed by atoms with van der Waals surface area (Å²) in [6.45, 7) is 1.51.